The third kappa shape index (κ3) is 5.18. The predicted molar refractivity (Wildman–Crippen MR) is 92.4 cm³/mol. The van der Waals surface area contributed by atoms with Gasteiger partial charge in [0, 0.05) is 43.3 Å². The summed E-state index contributed by atoms with van der Waals surface area (Å²) in [5, 5.41) is 0.757. The molecule has 1 aromatic rings. The maximum absolute atomic E-state index is 12.2. The van der Waals surface area contributed by atoms with Gasteiger partial charge in [0.25, 0.3) is 0 Å². The molecule has 0 bridgehead atoms. The fourth-order valence-electron chi connectivity index (χ4n) is 2.80. The first-order valence-corrected chi connectivity index (χ1v) is 8.57. The monoisotopic (exact) mass is 323 g/mol. The van der Waals surface area contributed by atoms with Gasteiger partial charge in [0.15, 0.2) is 0 Å². The molecule has 2 N–H and O–H groups in total. The number of anilines is 1. The number of piperazine rings is 1. The number of unbranched alkanes of at least 4 members (excludes halogenated alkanes) is 3. The zero-order chi connectivity index (χ0) is 15.8. The van der Waals surface area contributed by atoms with Crippen LogP contribution in [0.4, 0.5) is 5.69 Å². The summed E-state index contributed by atoms with van der Waals surface area (Å²) in [6.45, 7) is 4.15. The fraction of sp³-hybridized carbons (Fsp3) is 0.588. The van der Waals surface area contributed by atoms with Crippen molar-refractivity contribution in [2.75, 3.05) is 37.6 Å². The zero-order valence-electron chi connectivity index (χ0n) is 13.1. The molecule has 1 heterocycles. The number of carbonyl (C=O) groups excluding carboxylic acids is 1. The topological polar surface area (TPSA) is 49.6 Å². The second-order valence-corrected chi connectivity index (χ2v) is 6.23. The lowest BCUT2D eigenvalue weighted by atomic mass is 10.1. The smallest absolute Gasteiger partial charge is 0.222 e. The number of carbonyl (C=O) groups is 1. The van der Waals surface area contributed by atoms with Crippen molar-refractivity contribution in [3.05, 3.63) is 29.3 Å². The Hall–Kier alpha value is -1.26. The van der Waals surface area contributed by atoms with E-state index in [1.54, 1.807) is 0 Å². The molecule has 0 saturated carbocycles. The number of amides is 1. The second-order valence-electron chi connectivity index (χ2n) is 5.80. The van der Waals surface area contributed by atoms with Crippen molar-refractivity contribution in [1.29, 1.82) is 0 Å². The normalized spacial score (nSPS) is 15.2. The van der Waals surface area contributed by atoms with Crippen LogP contribution in [0.1, 0.15) is 32.1 Å². The molecule has 2 rings (SSSR count). The summed E-state index contributed by atoms with van der Waals surface area (Å²) in [7, 11) is 0. The van der Waals surface area contributed by atoms with Crippen molar-refractivity contribution in [3.8, 4) is 0 Å². The van der Waals surface area contributed by atoms with E-state index in [9.17, 15) is 4.79 Å². The number of benzene rings is 1. The van der Waals surface area contributed by atoms with E-state index in [4.69, 9.17) is 17.3 Å². The van der Waals surface area contributed by atoms with Crippen molar-refractivity contribution < 1.29 is 4.79 Å². The third-order valence-electron chi connectivity index (χ3n) is 4.17. The summed E-state index contributed by atoms with van der Waals surface area (Å²) in [5.41, 5.74) is 6.65. The average Bonchev–Trinajstić information content (AvgIpc) is 2.55. The number of nitrogens with two attached hydrogens (primary N) is 1. The molecule has 1 aliphatic heterocycles. The van der Waals surface area contributed by atoms with Gasteiger partial charge >= 0.3 is 0 Å². The molecular formula is C17H26ClN3O. The second kappa shape index (κ2) is 9.01. The summed E-state index contributed by atoms with van der Waals surface area (Å²) in [4.78, 5) is 16.5. The van der Waals surface area contributed by atoms with Crippen LogP contribution in [-0.2, 0) is 4.79 Å². The summed E-state index contributed by atoms with van der Waals surface area (Å²) < 4.78 is 0. The van der Waals surface area contributed by atoms with Crippen LogP contribution in [0.5, 0.6) is 0 Å². The van der Waals surface area contributed by atoms with Crippen LogP contribution in [0.15, 0.2) is 24.3 Å². The van der Waals surface area contributed by atoms with Gasteiger partial charge in [-0.1, -0.05) is 24.4 Å². The molecule has 1 saturated heterocycles. The van der Waals surface area contributed by atoms with E-state index in [2.05, 4.69) is 4.90 Å². The van der Waals surface area contributed by atoms with Gasteiger partial charge in [-0.25, -0.2) is 0 Å². The van der Waals surface area contributed by atoms with E-state index in [1.165, 1.54) is 5.69 Å². The van der Waals surface area contributed by atoms with Gasteiger partial charge in [-0.15, -0.1) is 0 Å². The molecule has 1 aromatic carbocycles. The summed E-state index contributed by atoms with van der Waals surface area (Å²) >= 11 is 5.92. The van der Waals surface area contributed by atoms with Gasteiger partial charge < -0.3 is 15.5 Å². The highest BCUT2D eigenvalue weighted by molar-refractivity contribution is 6.30. The van der Waals surface area contributed by atoms with Gasteiger partial charge in [-0.2, -0.15) is 0 Å². The molecule has 0 aliphatic carbocycles. The van der Waals surface area contributed by atoms with Gasteiger partial charge in [-0.3, -0.25) is 4.79 Å². The Morgan fingerprint density at radius 2 is 1.64 bits per heavy atom. The minimum absolute atomic E-state index is 0.295. The molecular weight excluding hydrogens is 298 g/mol. The molecule has 122 valence electrons. The zero-order valence-corrected chi connectivity index (χ0v) is 13.9. The average molecular weight is 324 g/mol. The lowest BCUT2D eigenvalue weighted by Crippen LogP contribution is -2.48. The van der Waals surface area contributed by atoms with Crippen molar-refractivity contribution in [1.82, 2.24) is 4.90 Å². The van der Waals surface area contributed by atoms with E-state index < -0.39 is 0 Å². The van der Waals surface area contributed by atoms with Crippen LogP contribution in [0.3, 0.4) is 0 Å². The Labute approximate surface area is 138 Å². The minimum Gasteiger partial charge on any atom is -0.368 e. The molecule has 1 aliphatic rings. The van der Waals surface area contributed by atoms with Crippen molar-refractivity contribution >= 4 is 23.2 Å². The maximum atomic E-state index is 12.2. The lowest BCUT2D eigenvalue weighted by molar-refractivity contribution is -0.131. The highest BCUT2D eigenvalue weighted by Crippen LogP contribution is 2.19. The number of hydrogen-bond acceptors (Lipinski definition) is 3. The number of hydrogen-bond donors (Lipinski definition) is 1. The Morgan fingerprint density at radius 1 is 1.00 bits per heavy atom. The Balaban J connectivity index is 1.70. The van der Waals surface area contributed by atoms with Gasteiger partial charge in [0.05, 0.1) is 0 Å². The van der Waals surface area contributed by atoms with Gasteiger partial charge in [0.2, 0.25) is 5.91 Å². The van der Waals surface area contributed by atoms with E-state index in [1.807, 2.05) is 29.2 Å². The SMILES string of the molecule is NCCCCCCC(=O)N1CCN(c2ccc(Cl)cc2)CC1. The van der Waals surface area contributed by atoms with Crippen molar-refractivity contribution in [3.63, 3.8) is 0 Å². The van der Waals surface area contributed by atoms with Crippen LogP contribution in [0, 0.1) is 0 Å². The van der Waals surface area contributed by atoms with E-state index >= 15 is 0 Å². The highest BCUT2D eigenvalue weighted by atomic mass is 35.5. The molecule has 0 atom stereocenters. The standard InChI is InChI=1S/C17H26ClN3O/c18-15-6-8-16(9-7-15)20-11-13-21(14-12-20)17(22)5-3-1-2-4-10-19/h6-9H,1-5,10-14,19H2. The molecule has 0 aromatic heterocycles. The van der Waals surface area contributed by atoms with Crippen LogP contribution >= 0.6 is 11.6 Å². The number of nitrogens with zero attached hydrogens (tertiary/aromatic N) is 2. The Morgan fingerprint density at radius 3 is 2.27 bits per heavy atom. The quantitative estimate of drug-likeness (QED) is 0.785. The van der Waals surface area contributed by atoms with Crippen LogP contribution < -0.4 is 10.6 Å². The predicted octanol–water partition coefficient (Wildman–Crippen LogP) is 2.90. The largest absolute Gasteiger partial charge is 0.368 e. The molecule has 1 fully saturated rings. The highest BCUT2D eigenvalue weighted by Gasteiger charge is 2.20. The molecule has 0 spiro atoms. The van der Waals surface area contributed by atoms with Crippen molar-refractivity contribution in [2.45, 2.75) is 32.1 Å². The molecule has 0 unspecified atom stereocenters. The number of halogens is 1. The van der Waals surface area contributed by atoms with Crippen LogP contribution in [0.2, 0.25) is 5.02 Å². The Bertz CT molecular complexity index is 455. The minimum atomic E-state index is 0.295. The summed E-state index contributed by atoms with van der Waals surface area (Å²) in [6, 6.07) is 7.90. The Kier molecular flexibility index (Phi) is 7.00. The summed E-state index contributed by atoms with van der Waals surface area (Å²) in [6.07, 6.45) is 4.96. The lowest BCUT2D eigenvalue weighted by Gasteiger charge is -2.36. The van der Waals surface area contributed by atoms with Crippen molar-refractivity contribution in [2.24, 2.45) is 5.73 Å². The molecule has 4 nitrogen and oxygen atoms in total. The molecule has 0 radical (unpaired) electrons. The van der Waals surface area contributed by atoms with Gasteiger partial charge in [0.1, 0.15) is 0 Å². The first-order chi connectivity index (χ1) is 10.7. The van der Waals surface area contributed by atoms with E-state index in [0.717, 1.165) is 63.4 Å². The fourth-order valence-corrected chi connectivity index (χ4v) is 2.92. The first-order valence-electron chi connectivity index (χ1n) is 8.19. The maximum Gasteiger partial charge on any atom is 0.222 e. The van der Waals surface area contributed by atoms with Crippen LogP contribution in [-0.4, -0.2) is 43.5 Å². The first kappa shape index (κ1) is 17.1. The van der Waals surface area contributed by atoms with Crippen LogP contribution in [0.25, 0.3) is 0 Å². The molecule has 22 heavy (non-hydrogen) atoms. The third-order valence-corrected chi connectivity index (χ3v) is 4.42. The van der Waals surface area contributed by atoms with E-state index in [0.29, 0.717) is 12.3 Å². The van der Waals surface area contributed by atoms with Gasteiger partial charge in [-0.05, 0) is 43.7 Å². The molecule has 1 amide bonds. The van der Waals surface area contributed by atoms with E-state index in [-0.39, 0.29) is 0 Å². The summed E-state index contributed by atoms with van der Waals surface area (Å²) in [5.74, 6) is 0.295. The number of rotatable bonds is 7. The molecule has 5 heteroatoms.